The summed E-state index contributed by atoms with van der Waals surface area (Å²) in [5.41, 5.74) is 3.33. The van der Waals surface area contributed by atoms with Crippen LogP contribution in [0.3, 0.4) is 0 Å². The van der Waals surface area contributed by atoms with Crippen LogP contribution < -0.4 is 5.32 Å². The molecular weight excluding hydrogens is 330 g/mol. The van der Waals surface area contributed by atoms with Crippen LogP contribution in [-0.4, -0.2) is 26.8 Å². The van der Waals surface area contributed by atoms with Crippen LogP contribution in [-0.2, 0) is 13.1 Å². The van der Waals surface area contributed by atoms with E-state index in [0.717, 1.165) is 16.8 Å². The predicted molar refractivity (Wildman–Crippen MR) is 97.1 cm³/mol. The monoisotopic (exact) mass is 349 g/mol. The summed E-state index contributed by atoms with van der Waals surface area (Å²) in [6.07, 6.45) is 1.56. The van der Waals surface area contributed by atoms with Gasteiger partial charge in [-0.25, -0.2) is 4.79 Å². The third kappa shape index (κ3) is 3.97. The number of rotatable bonds is 6. The van der Waals surface area contributed by atoms with Crippen molar-refractivity contribution in [3.63, 3.8) is 0 Å². The first-order chi connectivity index (χ1) is 12.5. The van der Waals surface area contributed by atoms with E-state index in [9.17, 15) is 9.59 Å². The molecule has 2 aromatic carbocycles. The van der Waals surface area contributed by atoms with E-state index in [-0.39, 0.29) is 18.0 Å². The van der Waals surface area contributed by atoms with Crippen LogP contribution in [0.15, 0.2) is 60.8 Å². The van der Waals surface area contributed by atoms with Gasteiger partial charge in [-0.2, -0.15) is 5.10 Å². The maximum atomic E-state index is 12.4. The number of carboxylic acids is 1. The number of carbonyl (C=O) groups is 2. The number of carbonyl (C=O) groups excluding carboxylic acids is 1. The summed E-state index contributed by atoms with van der Waals surface area (Å²) < 4.78 is 1.79. The van der Waals surface area contributed by atoms with Gasteiger partial charge in [-0.3, -0.25) is 9.48 Å². The first-order valence-corrected chi connectivity index (χ1v) is 8.21. The second kappa shape index (κ2) is 7.65. The predicted octanol–water partition coefficient (Wildman–Crippen LogP) is 2.87. The van der Waals surface area contributed by atoms with Crippen molar-refractivity contribution in [3.05, 3.63) is 88.7 Å². The molecule has 1 amide bonds. The Balaban J connectivity index is 1.67. The Kier molecular flexibility index (Phi) is 5.12. The normalized spacial score (nSPS) is 10.5. The van der Waals surface area contributed by atoms with Gasteiger partial charge in [0.05, 0.1) is 23.9 Å². The third-order valence-electron chi connectivity index (χ3n) is 4.15. The highest BCUT2D eigenvalue weighted by Gasteiger charge is 2.14. The van der Waals surface area contributed by atoms with Crippen molar-refractivity contribution in [1.29, 1.82) is 0 Å². The van der Waals surface area contributed by atoms with Crippen molar-refractivity contribution in [2.75, 3.05) is 0 Å². The summed E-state index contributed by atoms with van der Waals surface area (Å²) in [7, 11) is 0. The Morgan fingerprint density at radius 1 is 1.08 bits per heavy atom. The number of nitrogens with one attached hydrogen (secondary N) is 1. The average molecular weight is 349 g/mol. The summed E-state index contributed by atoms with van der Waals surface area (Å²) in [6.45, 7) is 2.71. The van der Waals surface area contributed by atoms with Crippen LogP contribution in [0.25, 0.3) is 0 Å². The lowest BCUT2D eigenvalue weighted by Crippen LogP contribution is -2.23. The molecule has 6 heteroatoms. The molecular formula is C20H19N3O3. The molecule has 0 saturated carbocycles. The molecule has 0 aliphatic carbocycles. The number of aromatic nitrogens is 2. The topological polar surface area (TPSA) is 84.2 Å². The lowest BCUT2D eigenvalue weighted by Gasteiger charge is -2.07. The molecule has 0 atom stereocenters. The highest BCUT2D eigenvalue weighted by atomic mass is 16.4. The molecule has 0 saturated heterocycles. The van der Waals surface area contributed by atoms with Crippen LogP contribution in [0.5, 0.6) is 0 Å². The van der Waals surface area contributed by atoms with E-state index >= 15 is 0 Å². The number of hydrogen-bond donors (Lipinski definition) is 2. The molecule has 2 N–H and O–H groups in total. The number of amides is 1. The van der Waals surface area contributed by atoms with Crippen molar-refractivity contribution in [3.8, 4) is 0 Å². The zero-order valence-electron chi connectivity index (χ0n) is 14.3. The maximum Gasteiger partial charge on any atom is 0.335 e. The number of nitrogens with zero attached hydrogens (tertiary/aromatic N) is 2. The molecule has 0 radical (unpaired) electrons. The second-order valence-electron chi connectivity index (χ2n) is 5.98. The molecule has 0 unspecified atom stereocenters. The molecule has 132 valence electrons. The first kappa shape index (κ1) is 17.4. The van der Waals surface area contributed by atoms with Gasteiger partial charge in [0.25, 0.3) is 5.91 Å². The van der Waals surface area contributed by atoms with E-state index in [0.29, 0.717) is 12.1 Å². The summed E-state index contributed by atoms with van der Waals surface area (Å²) in [6, 6.07) is 16.4. The van der Waals surface area contributed by atoms with Gasteiger partial charge >= 0.3 is 5.97 Å². The van der Waals surface area contributed by atoms with Gasteiger partial charge in [0.15, 0.2) is 0 Å². The van der Waals surface area contributed by atoms with Gasteiger partial charge in [0.2, 0.25) is 0 Å². The van der Waals surface area contributed by atoms with E-state index in [2.05, 4.69) is 10.4 Å². The van der Waals surface area contributed by atoms with Gasteiger partial charge in [0, 0.05) is 12.2 Å². The Morgan fingerprint density at radius 2 is 1.81 bits per heavy atom. The molecule has 0 fully saturated rings. The number of benzene rings is 2. The van der Waals surface area contributed by atoms with Gasteiger partial charge in [0.1, 0.15) is 0 Å². The largest absolute Gasteiger partial charge is 0.478 e. The molecule has 0 aliphatic heterocycles. The van der Waals surface area contributed by atoms with Crippen molar-refractivity contribution < 1.29 is 14.7 Å². The minimum Gasteiger partial charge on any atom is -0.478 e. The molecule has 26 heavy (non-hydrogen) atoms. The maximum absolute atomic E-state index is 12.4. The summed E-state index contributed by atoms with van der Waals surface area (Å²) >= 11 is 0. The quantitative estimate of drug-likeness (QED) is 0.717. The highest BCUT2D eigenvalue weighted by Crippen LogP contribution is 2.11. The molecule has 3 rings (SSSR count). The molecule has 0 spiro atoms. The fourth-order valence-electron chi connectivity index (χ4n) is 2.68. The fourth-order valence-corrected chi connectivity index (χ4v) is 2.68. The van der Waals surface area contributed by atoms with Crippen molar-refractivity contribution in [2.24, 2.45) is 0 Å². The van der Waals surface area contributed by atoms with E-state index in [1.54, 1.807) is 29.1 Å². The first-order valence-electron chi connectivity index (χ1n) is 8.21. The molecule has 3 aromatic rings. The zero-order chi connectivity index (χ0) is 18.5. The Hall–Kier alpha value is -3.41. The molecule has 0 bridgehead atoms. The van der Waals surface area contributed by atoms with Crippen LogP contribution in [0.2, 0.25) is 0 Å². The van der Waals surface area contributed by atoms with E-state index in [4.69, 9.17) is 5.11 Å². The average Bonchev–Trinajstić information content (AvgIpc) is 3.01. The molecule has 1 heterocycles. The molecule has 0 aliphatic rings. The Bertz CT molecular complexity index is 932. The Morgan fingerprint density at radius 3 is 2.54 bits per heavy atom. The summed E-state index contributed by atoms with van der Waals surface area (Å²) in [5, 5.41) is 16.1. The SMILES string of the molecule is Cc1c(C(=O)NCc2cccc(C(=O)O)c2)cnn1Cc1ccccc1. The van der Waals surface area contributed by atoms with Crippen LogP contribution in [0.1, 0.15) is 37.5 Å². The third-order valence-corrected chi connectivity index (χ3v) is 4.15. The van der Waals surface area contributed by atoms with Crippen molar-refractivity contribution in [2.45, 2.75) is 20.0 Å². The highest BCUT2D eigenvalue weighted by molar-refractivity contribution is 5.95. The summed E-state index contributed by atoms with van der Waals surface area (Å²) in [4.78, 5) is 23.5. The smallest absolute Gasteiger partial charge is 0.335 e. The minimum absolute atomic E-state index is 0.198. The van der Waals surface area contributed by atoms with E-state index < -0.39 is 5.97 Å². The fraction of sp³-hybridized carbons (Fsp3) is 0.150. The van der Waals surface area contributed by atoms with Gasteiger partial charge in [-0.15, -0.1) is 0 Å². The Labute approximate surface area is 151 Å². The van der Waals surface area contributed by atoms with Gasteiger partial charge < -0.3 is 10.4 Å². The van der Waals surface area contributed by atoms with Crippen molar-refractivity contribution in [1.82, 2.24) is 15.1 Å². The van der Waals surface area contributed by atoms with Gasteiger partial charge in [-0.1, -0.05) is 42.5 Å². The zero-order valence-corrected chi connectivity index (χ0v) is 14.3. The standard InChI is InChI=1S/C20H19N3O3/c1-14-18(12-22-23(14)13-15-6-3-2-4-7-15)19(24)21-11-16-8-5-9-17(10-16)20(25)26/h2-10,12H,11,13H2,1H3,(H,21,24)(H,25,26). The lowest BCUT2D eigenvalue weighted by molar-refractivity contribution is 0.0696. The van der Waals surface area contributed by atoms with Gasteiger partial charge in [-0.05, 0) is 30.2 Å². The summed E-state index contributed by atoms with van der Waals surface area (Å²) in [5.74, 6) is -1.22. The molecule has 6 nitrogen and oxygen atoms in total. The number of hydrogen-bond acceptors (Lipinski definition) is 3. The van der Waals surface area contributed by atoms with E-state index in [1.807, 2.05) is 37.3 Å². The number of aromatic carboxylic acids is 1. The molecule has 1 aromatic heterocycles. The lowest BCUT2D eigenvalue weighted by atomic mass is 10.1. The number of carboxylic acid groups (broad SMARTS) is 1. The minimum atomic E-state index is -0.990. The second-order valence-corrected chi connectivity index (χ2v) is 5.98. The van der Waals surface area contributed by atoms with Crippen LogP contribution in [0, 0.1) is 6.92 Å². The van der Waals surface area contributed by atoms with Crippen LogP contribution >= 0.6 is 0 Å². The van der Waals surface area contributed by atoms with Crippen LogP contribution in [0.4, 0.5) is 0 Å². The van der Waals surface area contributed by atoms with E-state index in [1.165, 1.54) is 6.07 Å². The van der Waals surface area contributed by atoms with Crippen molar-refractivity contribution >= 4 is 11.9 Å².